The highest BCUT2D eigenvalue weighted by molar-refractivity contribution is 7.11. The number of aromatic nitrogens is 1. The van der Waals surface area contributed by atoms with Gasteiger partial charge in [-0.3, -0.25) is 4.79 Å². The predicted molar refractivity (Wildman–Crippen MR) is 70.5 cm³/mol. The number of aryl methyl sites for hydroxylation is 1. The number of carbonyl (C=O) groups is 1. The first-order valence-electron chi connectivity index (χ1n) is 5.33. The van der Waals surface area contributed by atoms with Gasteiger partial charge in [0.25, 0.3) is 5.91 Å². The summed E-state index contributed by atoms with van der Waals surface area (Å²) in [6.07, 6.45) is 0. The van der Waals surface area contributed by atoms with Crippen LogP contribution in [-0.2, 0) is 6.54 Å². The van der Waals surface area contributed by atoms with Crippen LogP contribution < -0.4 is 11.1 Å². The molecule has 0 fully saturated rings. The number of nitrogens with one attached hydrogen (secondary N) is 1. The van der Waals surface area contributed by atoms with Crippen molar-refractivity contribution in [3.05, 3.63) is 39.8 Å². The molecule has 0 radical (unpaired) electrons. The van der Waals surface area contributed by atoms with Gasteiger partial charge in [0.05, 0.1) is 11.2 Å². The molecule has 1 aromatic carbocycles. The number of hydrogen-bond donors (Lipinski definition) is 3. The first-order chi connectivity index (χ1) is 8.58. The van der Waals surface area contributed by atoms with Crippen molar-refractivity contribution in [3.63, 3.8) is 0 Å². The maximum absolute atomic E-state index is 11.8. The molecule has 94 valence electrons. The molecule has 0 aliphatic heterocycles. The molecule has 0 aliphatic carbocycles. The van der Waals surface area contributed by atoms with E-state index in [1.807, 2.05) is 0 Å². The van der Waals surface area contributed by atoms with E-state index in [0.29, 0.717) is 21.8 Å². The SMILES string of the molecule is Cc1ncsc1C(=O)NCc1cc(N)ccc1O. The van der Waals surface area contributed by atoms with E-state index in [2.05, 4.69) is 10.3 Å². The van der Waals surface area contributed by atoms with Gasteiger partial charge in [-0.2, -0.15) is 0 Å². The van der Waals surface area contributed by atoms with Crippen LogP contribution in [0.1, 0.15) is 20.9 Å². The Morgan fingerprint density at radius 3 is 3.00 bits per heavy atom. The summed E-state index contributed by atoms with van der Waals surface area (Å²) in [6.45, 7) is 2.01. The van der Waals surface area contributed by atoms with Crippen molar-refractivity contribution in [1.29, 1.82) is 0 Å². The molecule has 1 heterocycles. The minimum Gasteiger partial charge on any atom is -0.508 e. The second-order valence-corrected chi connectivity index (χ2v) is 4.69. The van der Waals surface area contributed by atoms with E-state index in [9.17, 15) is 9.90 Å². The summed E-state index contributed by atoms with van der Waals surface area (Å²) in [5.74, 6) is -0.0812. The first-order valence-corrected chi connectivity index (χ1v) is 6.21. The Balaban J connectivity index is 2.06. The lowest BCUT2D eigenvalue weighted by molar-refractivity contribution is 0.0954. The number of nitrogens with zero attached hydrogens (tertiary/aromatic N) is 1. The van der Waals surface area contributed by atoms with Crippen molar-refractivity contribution in [2.45, 2.75) is 13.5 Å². The van der Waals surface area contributed by atoms with E-state index in [1.165, 1.54) is 17.4 Å². The number of nitrogen functional groups attached to an aromatic ring is 1. The van der Waals surface area contributed by atoms with Crippen molar-refractivity contribution in [3.8, 4) is 5.75 Å². The molecule has 0 aliphatic rings. The molecule has 0 spiro atoms. The van der Waals surface area contributed by atoms with Crippen molar-refractivity contribution in [2.24, 2.45) is 0 Å². The Kier molecular flexibility index (Phi) is 3.47. The van der Waals surface area contributed by atoms with Crippen molar-refractivity contribution in [1.82, 2.24) is 10.3 Å². The number of phenols is 1. The van der Waals surface area contributed by atoms with Crippen LogP contribution in [0.3, 0.4) is 0 Å². The lowest BCUT2D eigenvalue weighted by atomic mass is 10.2. The predicted octanol–water partition coefficient (Wildman–Crippen LogP) is 1.67. The highest BCUT2D eigenvalue weighted by atomic mass is 32.1. The molecular formula is C12H13N3O2S. The van der Waals surface area contributed by atoms with Gasteiger partial charge >= 0.3 is 0 Å². The van der Waals surface area contributed by atoms with E-state index in [4.69, 9.17) is 5.73 Å². The summed E-state index contributed by atoms with van der Waals surface area (Å²) >= 11 is 1.29. The maximum Gasteiger partial charge on any atom is 0.263 e. The monoisotopic (exact) mass is 263 g/mol. The van der Waals surface area contributed by atoms with Gasteiger partial charge in [0.1, 0.15) is 10.6 Å². The minimum absolute atomic E-state index is 0.116. The fraction of sp³-hybridized carbons (Fsp3) is 0.167. The molecule has 0 atom stereocenters. The van der Waals surface area contributed by atoms with Crippen molar-refractivity contribution >= 4 is 22.9 Å². The van der Waals surface area contributed by atoms with E-state index < -0.39 is 0 Å². The van der Waals surface area contributed by atoms with Crippen LogP contribution in [0, 0.1) is 6.92 Å². The van der Waals surface area contributed by atoms with Gasteiger partial charge in [0.2, 0.25) is 0 Å². The zero-order valence-corrected chi connectivity index (χ0v) is 10.6. The normalized spacial score (nSPS) is 10.3. The summed E-state index contributed by atoms with van der Waals surface area (Å²) in [4.78, 5) is 16.4. The van der Waals surface area contributed by atoms with Crippen LogP contribution in [0.2, 0.25) is 0 Å². The molecule has 2 rings (SSSR count). The zero-order valence-electron chi connectivity index (χ0n) is 9.80. The minimum atomic E-state index is -0.197. The topological polar surface area (TPSA) is 88.2 Å². The third-order valence-corrected chi connectivity index (χ3v) is 3.42. The summed E-state index contributed by atoms with van der Waals surface area (Å²) < 4.78 is 0. The van der Waals surface area contributed by atoms with E-state index in [-0.39, 0.29) is 18.2 Å². The zero-order chi connectivity index (χ0) is 13.1. The van der Waals surface area contributed by atoms with E-state index in [1.54, 1.807) is 24.6 Å². The quantitative estimate of drug-likeness (QED) is 0.580. The molecular weight excluding hydrogens is 250 g/mol. The average Bonchev–Trinajstić information content (AvgIpc) is 2.76. The van der Waals surface area contributed by atoms with E-state index >= 15 is 0 Å². The molecule has 2 aromatic rings. The third kappa shape index (κ3) is 2.60. The number of anilines is 1. The van der Waals surface area contributed by atoms with Crippen LogP contribution in [0.5, 0.6) is 5.75 Å². The number of hydrogen-bond acceptors (Lipinski definition) is 5. The Bertz CT molecular complexity index is 580. The van der Waals surface area contributed by atoms with Gasteiger partial charge in [-0.1, -0.05) is 0 Å². The Hall–Kier alpha value is -2.08. The highest BCUT2D eigenvalue weighted by Crippen LogP contribution is 2.20. The Labute approximate surface area is 108 Å². The van der Waals surface area contributed by atoms with Gasteiger partial charge in [0, 0.05) is 17.8 Å². The van der Waals surface area contributed by atoms with Crippen molar-refractivity contribution < 1.29 is 9.90 Å². The molecule has 1 aromatic heterocycles. The van der Waals surface area contributed by atoms with Crippen LogP contribution >= 0.6 is 11.3 Å². The summed E-state index contributed by atoms with van der Waals surface area (Å²) in [5.41, 5.74) is 9.09. The number of thiazole rings is 1. The molecule has 1 amide bonds. The maximum atomic E-state index is 11.8. The number of amides is 1. The molecule has 0 unspecified atom stereocenters. The smallest absolute Gasteiger partial charge is 0.263 e. The van der Waals surface area contributed by atoms with Gasteiger partial charge in [-0.25, -0.2) is 4.98 Å². The summed E-state index contributed by atoms with van der Waals surface area (Å²) in [5, 5.41) is 12.3. The molecule has 0 saturated carbocycles. The first kappa shape index (κ1) is 12.4. The van der Waals surface area contributed by atoms with Gasteiger partial charge in [-0.05, 0) is 25.1 Å². The standard InChI is InChI=1S/C12H13N3O2S/c1-7-11(18-6-15-7)12(17)14-5-8-4-9(13)2-3-10(8)16/h2-4,6,16H,5,13H2,1H3,(H,14,17). The van der Waals surface area contributed by atoms with Gasteiger partial charge in [-0.15, -0.1) is 11.3 Å². The van der Waals surface area contributed by atoms with Crippen molar-refractivity contribution in [2.75, 3.05) is 5.73 Å². The van der Waals surface area contributed by atoms with Gasteiger partial charge < -0.3 is 16.2 Å². The number of phenolic OH excluding ortho intramolecular Hbond substituents is 1. The summed E-state index contributed by atoms with van der Waals surface area (Å²) in [6, 6.07) is 4.75. The van der Waals surface area contributed by atoms with Crippen LogP contribution in [0.25, 0.3) is 0 Å². The highest BCUT2D eigenvalue weighted by Gasteiger charge is 2.12. The Morgan fingerprint density at radius 2 is 2.33 bits per heavy atom. The number of aromatic hydroxyl groups is 1. The molecule has 6 heteroatoms. The van der Waals surface area contributed by atoms with Gasteiger partial charge in [0.15, 0.2) is 0 Å². The second-order valence-electron chi connectivity index (χ2n) is 3.84. The number of carbonyl (C=O) groups excluding carboxylic acids is 1. The fourth-order valence-corrected chi connectivity index (χ4v) is 2.24. The average molecular weight is 263 g/mol. The second kappa shape index (κ2) is 5.05. The van der Waals surface area contributed by atoms with Crippen LogP contribution in [-0.4, -0.2) is 16.0 Å². The van der Waals surface area contributed by atoms with Crippen LogP contribution in [0.4, 0.5) is 5.69 Å². The molecule has 4 N–H and O–H groups in total. The third-order valence-electron chi connectivity index (χ3n) is 2.49. The lowest BCUT2D eigenvalue weighted by Crippen LogP contribution is -2.22. The summed E-state index contributed by atoms with van der Waals surface area (Å²) in [7, 11) is 0. The Morgan fingerprint density at radius 1 is 1.56 bits per heavy atom. The largest absolute Gasteiger partial charge is 0.508 e. The number of rotatable bonds is 3. The molecule has 0 bridgehead atoms. The number of benzene rings is 1. The van der Waals surface area contributed by atoms with Crippen LogP contribution in [0.15, 0.2) is 23.7 Å². The molecule has 0 saturated heterocycles. The number of nitrogens with two attached hydrogens (primary N) is 1. The fourth-order valence-electron chi connectivity index (χ4n) is 1.52. The molecule has 5 nitrogen and oxygen atoms in total. The van der Waals surface area contributed by atoms with E-state index in [0.717, 1.165) is 0 Å². The lowest BCUT2D eigenvalue weighted by Gasteiger charge is -2.07. The molecule has 18 heavy (non-hydrogen) atoms.